The Kier molecular flexibility index (Phi) is 3.68. The van der Waals surface area contributed by atoms with Gasteiger partial charge in [0.05, 0.1) is 0 Å². The molecule has 2 rings (SSSR count). The number of aldehydes is 1. The van der Waals surface area contributed by atoms with Crippen molar-refractivity contribution in [1.29, 1.82) is 0 Å². The molecule has 0 aromatic heterocycles. The Morgan fingerprint density at radius 1 is 0.824 bits per heavy atom. The second-order valence-corrected chi connectivity index (χ2v) is 3.93. The summed E-state index contributed by atoms with van der Waals surface area (Å²) < 4.78 is 0. The van der Waals surface area contributed by atoms with Gasteiger partial charge in [-0.3, -0.25) is 0 Å². The van der Waals surface area contributed by atoms with E-state index in [1.807, 2.05) is 60.7 Å². The largest absolute Gasteiger partial charge is 0.385 e. The molecule has 0 radical (unpaired) electrons. The van der Waals surface area contributed by atoms with Crippen LogP contribution in [0.25, 0.3) is 0 Å². The first kappa shape index (κ1) is 11.6. The van der Waals surface area contributed by atoms with Crippen LogP contribution in [0.3, 0.4) is 0 Å². The second-order valence-electron chi connectivity index (χ2n) is 3.93. The number of aliphatic hydroxyl groups excluding tert-OH is 1. The van der Waals surface area contributed by atoms with Gasteiger partial charge in [0.25, 0.3) is 0 Å². The summed E-state index contributed by atoms with van der Waals surface area (Å²) in [6.07, 6.45) is -0.426. The highest BCUT2D eigenvalue weighted by Crippen LogP contribution is 2.27. The average Bonchev–Trinajstić information content (AvgIpc) is 2.41. The van der Waals surface area contributed by atoms with Crippen LogP contribution in [-0.2, 0) is 4.79 Å². The van der Waals surface area contributed by atoms with Gasteiger partial charge >= 0.3 is 0 Å². The van der Waals surface area contributed by atoms with E-state index in [9.17, 15) is 9.90 Å². The van der Waals surface area contributed by atoms with Crippen LogP contribution in [-0.4, -0.2) is 17.5 Å². The number of rotatable bonds is 4. The molecule has 0 aliphatic rings. The van der Waals surface area contributed by atoms with Crippen molar-refractivity contribution in [2.45, 2.75) is 12.0 Å². The summed E-state index contributed by atoms with van der Waals surface area (Å²) in [5, 5.41) is 9.86. The van der Waals surface area contributed by atoms with E-state index in [1.165, 1.54) is 0 Å². The molecule has 0 saturated carbocycles. The Hall–Kier alpha value is -1.93. The lowest BCUT2D eigenvalue weighted by Gasteiger charge is -2.19. The number of hydrogen-bond donors (Lipinski definition) is 1. The second kappa shape index (κ2) is 5.41. The van der Waals surface area contributed by atoms with E-state index in [0.29, 0.717) is 6.29 Å². The number of carbonyl (C=O) groups excluding carboxylic acids is 1. The topological polar surface area (TPSA) is 37.3 Å². The van der Waals surface area contributed by atoms with Crippen LogP contribution in [0, 0.1) is 0 Å². The summed E-state index contributed by atoms with van der Waals surface area (Å²) in [4.78, 5) is 10.8. The monoisotopic (exact) mass is 226 g/mol. The zero-order valence-corrected chi connectivity index (χ0v) is 9.36. The fourth-order valence-electron chi connectivity index (χ4n) is 1.99. The summed E-state index contributed by atoms with van der Waals surface area (Å²) >= 11 is 0. The Morgan fingerprint density at radius 2 is 1.24 bits per heavy atom. The van der Waals surface area contributed by atoms with E-state index in [0.717, 1.165) is 11.1 Å². The Balaban J connectivity index is 2.43. The van der Waals surface area contributed by atoms with Crippen molar-refractivity contribution >= 4 is 6.29 Å². The highest BCUT2D eigenvalue weighted by Gasteiger charge is 2.21. The van der Waals surface area contributed by atoms with Crippen molar-refractivity contribution in [3.8, 4) is 0 Å². The highest BCUT2D eigenvalue weighted by atomic mass is 16.3. The van der Waals surface area contributed by atoms with Crippen molar-refractivity contribution in [3.05, 3.63) is 71.8 Å². The summed E-state index contributed by atoms with van der Waals surface area (Å²) in [6.45, 7) is 0. The molecule has 17 heavy (non-hydrogen) atoms. The molecule has 2 nitrogen and oxygen atoms in total. The first-order valence-electron chi connectivity index (χ1n) is 5.56. The van der Waals surface area contributed by atoms with Gasteiger partial charge in [0.15, 0.2) is 0 Å². The molecule has 0 heterocycles. The molecule has 2 heteroatoms. The fraction of sp³-hybridized carbons (Fsp3) is 0.133. The first-order valence-corrected chi connectivity index (χ1v) is 5.56. The number of benzene rings is 2. The molecule has 2 aromatic rings. The summed E-state index contributed by atoms with van der Waals surface area (Å²) in [5.74, 6) is -0.296. The van der Waals surface area contributed by atoms with Gasteiger partial charge < -0.3 is 9.90 Å². The minimum atomic E-state index is -1.01. The quantitative estimate of drug-likeness (QED) is 0.813. The lowest BCUT2D eigenvalue weighted by Crippen LogP contribution is -2.20. The van der Waals surface area contributed by atoms with E-state index in [-0.39, 0.29) is 5.92 Å². The third-order valence-corrected chi connectivity index (χ3v) is 2.80. The maximum atomic E-state index is 10.8. The molecule has 0 bridgehead atoms. The van der Waals surface area contributed by atoms with E-state index >= 15 is 0 Å². The molecule has 0 saturated heterocycles. The van der Waals surface area contributed by atoms with Crippen LogP contribution in [0.4, 0.5) is 0 Å². The van der Waals surface area contributed by atoms with Crippen LogP contribution in [0.1, 0.15) is 17.0 Å². The zero-order chi connectivity index (χ0) is 12.1. The van der Waals surface area contributed by atoms with Crippen LogP contribution in [0.15, 0.2) is 60.7 Å². The Bertz CT molecular complexity index is 425. The van der Waals surface area contributed by atoms with Gasteiger partial charge in [-0.2, -0.15) is 0 Å². The molecule has 1 N–H and O–H groups in total. The van der Waals surface area contributed by atoms with Gasteiger partial charge in [-0.05, 0) is 11.1 Å². The van der Waals surface area contributed by atoms with Crippen LogP contribution in [0.2, 0.25) is 0 Å². The van der Waals surface area contributed by atoms with E-state index in [4.69, 9.17) is 0 Å². The lowest BCUT2D eigenvalue weighted by molar-refractivity contribution is -0.115. The maximum Gasteiger partial charge on any atom is 0.149 e. The van der Waals surface area contributed by atoms with Crippen LogP contribution < -0.4 is 0 Å². The van der Waals surface area contributed by atoms with Gasteiger partial charge in [0.1, 0.15) is 12.4 Å². The van der Waals surface area contributed by atoms with Gasteiger partial charge in [-0.15, -0.1) is 0 Å². The van der Waals surface area contributed by atoms with E-state index in [2.05, 4.69) is 0 Å². The van der Waals surface area contributed by atoms with Crippen molar-refractivity contribution in [2.75, 3.05) is 0 Å². The highest BCUT2D eigenvalue weighted by molar-refractivity contribution is 5.60. The van der Waals surface area contributed by atoms with Crippen molar-refractivity contribution in [1.82, 2.24) is 0 Å². The molecule has 2 aromatic carbocycles. The SMILES string of the molecule is O=CC(O)C(c1ccccc1)c1ccccc1. The maximum absolute atomic E-state index is 10.8. The third-order valence-electron chi connectivity index (χ3n) is 2.80. The number of aliphatic hydroxyl groups is 1. The van der Waals surface area contributed by atoms with Crippen molar-refractivity contribution in [2.24, 2.45) is 0 Å². The normalized spacial score (nSPS) is 12.4. The Labute approximate surface area is 101 Å². The smallest absolute Gasteiger partial charge is 0.149 e. The zero-order valence-electron chi connectivity index (χ0n) is 9.36. The van der Waals surface area contributed by atoms with Crippen LogP contribution in [0.5, 0.6) is 0 Å². The van der Waals surface area contributed by atoms with E-state index < -0.39 is 6.10 Å². The predicted octanol–water partition coefficient (Wildman–Crippen LogP) is 2.38. The molecule has 0 aliphatic carbocycles. The van der Waals surface area contributed by atoms with Gasteiger partial charge in [0.2, 0.25) is 0 Å². The van der Waals surface area contributed by atoms with Crippen molar-refractivity contribution < 1.29 is 9.90 Å². The molecule has 86 valence electrons. The molecular formula is C15H14O2. The first-order chi connectivity index (χ1) is 8.33. The molecule has 0 spiro atoms. The summed E-state index contributed by atoms with van der Waals surface area (Å²) in [7, 11) is 0. The third kappa shape index (κ3) is 2.60. The average molecular weight is 226 g/mol. The van der Waals surface area contributed by atoms with Gasteiger partial charge in [0, 0.05) is 5.92 Å². The molecular weight excluding hydrogens is 212 g/mol. The van der Waals surface area contributed by atoms with Crippen molar-refractivity contribution in [3.63, 3.8) is 0 Å². The van der Waals surface area contributed by atoms with Crippen LogP contribution >= 0.6 is 0 Å². The molecule has 1 unspecified atom stereocenters. The molecule has 0 amide bonds. The Morgan fingerprint density at radius 3 is 1.59 bits per heavy atom. The number of hydrogen-bond acceptors (Lipinski definition) is 2. The number of carbonyl (C=O) groups is 1. The summed E-state index contributed by atoms with van der Waals surface area (Å²) in [6, 6.07) is 19.1. The summed E-state index contributed by atoms with van der Waals surface area (Å²) in [5.41, 5.74) is 1.89. The minimum absolute atomic E-state index is 0.296. The van der Waals surface area contributed by atoms with E-state index in [1.54, 1.807) is 0 Å². The minimum Gasteiger partial charge on any atom is -0.385 e. The van der Waals surface area contributed by atoms with Gasteiger partial charge in [-0.1, -0.05) is 60.7 Å². The van der Waals surface area contributed by atoms with Gasteiger partial charge in [-0.25, -0.2) is 0 Å². The predicted molar refractivity (Wildman–Crippen MR) is 66.8 cm³/mol. The lowest BCUT2D eigenvalue weighted by atomic mass is 9.87. The molecule has 0 aliphatic heterocycles. The standard InChI is InChI=1S/C15H14O2/c16-11-14(17)15(12-7-3-1-4-8-12)13-9-5-2-6-10-13/h1-11,14-15,17H. The fourth-order valence-corrected chi connectivity index (χ4v) is 1.99. The molecule has 1 atom stereocenters. The molecule has 0 fully saturated rings.